The molecule has 0 aliphatic rings. The maximum absolute atomic E-state index is 14.3. The van der Waals surface area contributed by atoms with E-state index in [1.54, 1.807) is 12.1 Å². The Labute approximate surface area is 162 Å². The van der Waals surface area contributed by atoms with Gasteiger partial charge in [-0.05, 0) is 36.4 Å². The topological polar surface area (TPSA) is 18.5 Å². The van der Waals surface area contributed by atoms with Crippen LogP contribution in [0.3, 0.4) is 0 Å². The second-order valence-electron chi connectivity index (χ2n) is 5.03. The minimum Gasteiger partial charge on any atom is -0.451 e. The lowest BCUT2D eigenvalue weighted by Gasteiger charge is -2.13. The summed E-state index contributed by atoms with van der Waals surface area (Å²) < 4.78 is 68.1. The highest BCUT2D eigenvalue weighted by Gasteiger charge is 2.29. The fraction of sp³-hybridized carbons (Fsp3) is 0. The van der Waals surface area contributed by atoms with E-state index in [2.05, 4.69) is 31.9 Å². The molecule has 0 radical (unpaired) electrons. The van der Waals surface area contributed by atoms with Crippen molar-refractivity contribution in [1.82, 2.24) is 0 Å². The van der Waals surface area contributed by atoms with Crippen LogP contribution in [0.1, 0.15) is 0 Å². The van der Waals surface area contributed by atoms with Crippen molar-refractivity contribution in [2.24, 2.45) is 0 Å². The van der Waals surface area contributed by atoms with Crippen molar-refractivity contribution < 1.29 is 27.0 Å². The Morgan fingerprint density at radius 2 is 0.923 bits per heavy atom. The van der Waals surface area contributed by atoms with Gasteiger partial charge < -0.3 is 9.47 Å². The van der Waals surface area contributed by atoms with Gasteiger partial charge in [0.25, 0.3) is 0 Å². The lowest BCUT2D eigenvalue weighted by atomic mass is 10.2. The largest absolute Gasteiger partial charge is 0.451 e. The van der Waals surface area contributed by atoms with E-state index in [4.69, 9.17) is 9.47 Å². The van der Waals surface area contributed by atoms with Gasteiger partial charge in [-0.15, -0.1) is 0 Å². The molecule has 0 aliphatic heterocycles. The van der Waals surface area contributed by atoms with Crippen molar-refractivity contribution in [2.45, 2.75) is 0 Å². The lowest BCUT2D eigenvalue weighted by molar-refractivity contribution is 0.330. The Kier molecular flexibility index (Phi) is 5.52. The molecule has 2 nitrogen and oxygen atoms in total. The summed E-state index contributed by atoms with van der Waals surface area (Å²) in [5.74, 6) is -9.20. The fourth-order valence-corrected chi connectivity index (χ4v) is 2.82. The third kappa shape index (κ3) is 3.86. The van der Waals surface area contributed by atoms with E-state index in [1.165, 1.54) is 36.4 Å². The van der Waals surface area contributed by atoms with Crippen LogP contribution in [0.5, 0.6) is 23.0 Å². The highest BCUT2D eigenvalue weighted by Crippen LogP contribution is 2.39. The van der Waals surface area contributed by atoms with Gasteiger partial charge in [-0.25, -0.2) is 0 Å². The molecule has 0 heterocycles. The molecule has 0 N–H and O–H groups in total. The minimum absolute atomic E-state index is 0.00312. The average Bonchev–Trinajstić information content (AvgIpc) is 2.61. The van der Waals surface area contributed by atoms with Crippen LogP contribution in [0.25, 0.3) is 0 Å². The molecule has 3 rings (SSSR count). The molecule has 0 unspecified atom stereocenters. The predicted molar refractivity (Wildman–Crippen MR) is 94.7 cm³/mol. The molecule has 26 heavy (non-hydrogen) atoms. The van der Waals surface area contributed by atoms with Crippen LogP contribution >= 0.6 is 31.9 Å². The molecular weight excluding hydrogens is 484 g/mol. The first-order chi connectivity index (χ1) is 12.4. The van der Waals surface area contributed by atoms with E-state index in [0.29, 0.717) is 8.95 Å². The Hall–Kier alpha value is -2.06. The van der Waals surface area contributed by atoms with Crippen LogP contribution in [0, 0.1) is 23.3 Å². The first-order valence-electron chi connectivity index (χ1n) is 7.09. The Bertz CT molecular complexity index is 872. The molecule has 0 bridgehead atoms. The SMILES string of the molecule is Fc1c(F)c(Oc2cccc(Br)c2)c(F)c(F)c1Oc1cccc(Br)c1. The van der Waals surface area contributed by atoms with Crippen molar-refractivity contribution >= 4 is 31.9 Å². The van der Waals surface area contributed by atoms with Crippen molar-refractivity contribution in [1.29, 1.82) is 0 Å². The molecule has 3 aromatic carbocycles. The average molecular weight is 492 g/mol. The smallest absolute Gasteiger partial charge is 0.208 e. The Balaban J connectivity index is 2.02. The first kappa shape index (κ1) is 18.7. The normalized spacial score (nSPS) is 10.7. The van der Waals surface area contributed by atoms with Gasteiger partial charge in [-0.2, -0.15) is 17.6 Å². The Morgan fingerprint density at radius 3 is 1.23 bits per heavy atom. The van der Waals surface area contributed by atoms with E-state index in [-0.39, 0.29) is 11.5 Å². The van der Waals surface area contributed by atoms with E-state index >= 15 is 0 Å². The zero-order valence-corrected chi connectivity index (χ0v) is 15.9. The van der Waals surface area contributed by atoms with Crippen LogP contribution in [-0.2, 0) is 0 Å². The molecule has 0 aromatic heterocycles. The molecule has 0 amide bonds. The van der Waals surface area contributed by atoms with E-state index in [1.807, 2.05) is 0 Å². The summed E-state index contributed by atoms with van der Waals surface area (Å²) in [6, 6.07) is 11.9. The summed E-state index contributed by atoms with van der Waals surface area (Å²) in [4.78, 5) is 0. The van der Waals surface area contributed by atoms with Crippen molar-refractivity contribution in [3.63, 3.8) is 0 Å². The maximum atomic E-state index is 14.3. The quantitative estimate of drug-likeness (QED) is 0.280. The van der Waals surface area contributed by atoms with Gasteiger partial charge in [-0.3, -0.25) is 0 Å². The molecule has 0 saturated carbocycles. The third-order valence-electron chi connectivity index (χ3n) is 3.21. The van der Waals surface area contributed by atoms with Crippen molar-refractivity contribution in [2.75, 3.05) is 0 Å². The number of ether oxygens (including phenoxy) is 2. The molecule has 0 aliphatic carbocycles. The van der Waals surface area contributed by atoms with Gasteiger partial charge >= 0.3 is 0 Å². The summed E-state index contributed by atoms with van der Waals surface area (Å²) in [5.41, 5.74) is 0. The van der Waals surface area contributed by atoms with Gasteiger partial charge in [0.05, 0.1) is 0 Å². The van der Waals surface area contributed by atoms with Gasteiger partial charge in [0, 0.05) is 8.95 Å². The molecular formula is C18H8Br2F4O2. The molecule has 8 heteroatoms. The lowest BCUT2D eigenvalue weighted by Crippen LogP contribution is -2.04. The molecule has 0 atom stereocenters. The summed E-state index contributed by atoms with van der Waals surface area (Å²) >= 11 is 6.31. The highest BCUT2D eigenvalue weighted by atomic mass is 79.9. The molecule has 3 aromatic rings. The van der Waals surface area contributed by atoms with Crippen LogP contribution in [0.15, 0.2) is 57.5 Å². The summed E-state index contributed by atoms with van der Waals surface area (Å²) in [6.07, 6.45) is 0. The fourth-order valence-electron chi connectivity index (χ4n) is 2.07. The standard InChI is InChI=1S/C18H8Br2F4O2/c19-9-3-1-5-11(7-9)25-17-13(21)15(23)18(16(24)14(17)22)26-12-6-2-4-10(20)8-12/h1-8H. The molecule has 0 saturated heterocycles. The molecule has 134 valence electrons. The first-order valence-corrected chi connectivity index (χ1v) is 8.68. The van der Waals surface area contributed by atoms with Crippen LogP contribution in [0.4, 0.5) is 17.6 Å². The van der Waals surface area contributed by atoms with Gasteiger partial charge in [-0.1, -0.05) is 44.0 Å². The summed E-state index contributed by atoms with van der Waals surface area (Å²) in [7, 11) is 0. The zero-order valence-electron chi connectivity index (χ0n) is 12.7. The monoisotopic (exact) mass is 490 g/mol. The number of halogens is 6. The molecule has 0 spiro atoms. The van der Waals surface area contributed by atoms with Gasteiger partial charge in [0.2, 0.25) is 34.8 Å². The second kappa shape index (κ2) is 7.67. The van der Waals surface area contributed by atoms with E-state index in [0.717, 1.165) is 0 Å². The van der Waals surface area contributed by atoms with Crippen LogP contribution < -0.4 is 9.47 Å². The van der Waals surface area contributed by atoms with Crippen LogP contribution in [0.2, 0.25) is 0 Å². The van der Waals surface area contributed by atoms with Gasteiger partial charge in [0.1, 0.15) is 11.5 Å². The van der Waals surface area contributed by atoms with E-state index < -0.39 is 34.8 Å². The van der Waals surface area contributed by atoms with E-state index in [9.17, 15) is 17.6 Å². The summed E-state index contributed by atoms with van der Waals surface area (Å²) in [6.45, 7) is 0. The minimum atomic E-state index is -1.70. The van der Waals surface area contributed by atoms with Crippen LogP contribution in [-0.4, -0.2) is 0 Å². The van der Waals surface area contributed by atoms with Crippen molar-refractivity contribution in [3.8, 4) is 23.0 Å². The maximum Gasteiger partial charge on any atom is 0.208 e. The number of hydrogen-bond acceptors (Lipinski definition) is 2. The third-order valence-corrected chi connectivity index (χ3v) is 4.20. The van der Waals surface area contributed by atoms with Crippen molar-refractivity contribution in [3.05, 3.63) is 80.7 Å². The highest BCUT2D eigenvalue weighted by molar-refractivity contribution is 9.10. The number of rotatable bonds is 4. The molecule has 0 fully saturated rings. The number of benzene rings is 3. The second-order valence-corrected chi connectivity index (χ2v) is 6.86. The predicted octanol–water partition coefficient (Wildman–Crippen LogP) is 7.35. The number of hydrogen-bond donors (Lipinski definition) is 0. The zero-order chi connectivity index (χ0) is 18.8. The summed E-state index contributed by atoms with van der Waals surface area (Å²) in [5, 5.41) is 0. The Morgan fingerprint density at radius 1 is 0.577 bits per heavy atom. The van der Waals surface area contributed by atoms with Gasteiger partial charge in [0.15, 0.2) is 0 Å².